The minimum absolute atomic E-state index is 0.00594. The Hall–Kier alpha value is -1.76. The van der Waals surface area contributed by atoms with E-state index in [1.165, 1.54) is 0 Å². The van der Waals surface area contributed by atoms with Crippen molar-refractivity contribution in [1.82, 2.24) is 5.32 Å². The van der Waals surface area contributed by atoms with Crippen molar-refractivity contribution in [3.8, 4) is 0 Å². The molecular formula is C12H15F3N2O2. The summed E-state index contributed by atoms with van der Waals surface area (Å²) >= 11 is 0. The fourth-order valence-electron chi connectivity index (χ4n) is 1.31. The largest absolute Gasteiger partial charge is 0.445 e. The Morgan fingerprint density at radius 2 is 1.95 bits per heavy atom. The van der Waals surface area contributed by atoms with Crippen molar-refractivity contribution in [2.45, 2.75) is 12.8 Å². The van der Waals surface area contributed by atoms with E-state index in [1.807, 2.05) is 5.32 Å². The molecule has 1 atom stereocenters. The number of carbonyl (C=O) groups excluding carboxylic acids is 1. The highest BCUT2D eigenvalue weighted by Crippen LogP contribution is 2.24. The number of nitrogens with two attached hydrogens (primary N) is 1. The Bertz CT molecular complexity index is 396. The zero-order valence-electron chi connectivity index (χ0n) is 10.1. The van der Waals surface area contributed by atoms with Crippen LogP contribution in [0.2, 0.25) is 0 Å². The van der Waals surface area contributed by atoms with Crippen LogP contribution in [0.3, 0.4) is 0 Å². The molecule has 0 aliphatic carbocycles. The van der Waals surface area contributed by atoms with Gasteiger partial charge in [0.15, 0.2) is 0 Å². The Labute approximate surface area is 108 Å². The van der Waals surface area contributed by atoms with Crippen LogP contribution in [0.1, 0.15) is 5.56 Å². The lowest BCUT2D eigenvalue weighted by molar-refractivity contribution is -0.169. The summed E-state index contributed by atoms with van der Waals surface area (Å²) in [5, 5.41) is 2.05. The van der Waals surface area contributed by atoms with Crippen molar-refractivity contribution in [3.05, 3.63) is 35.9 Å². The number of alkyl halides is 3. The lowest BCUT2D eigenvalue weighted by atomic mass is 10.1. The number of halogens is 3. The van der Waals surface area contributed by atoms with Crippen LogP contribution in [0.5, 0.6) is 0 Å². The predicted octanol–water partition coefficient (Wildman–Crippen LogP) is 2.05. The third-order valence-corrected chi connectivity index (χ3v) is 2.45. The van der Waals surface area contributed by atoms with Crippen LogP contribution in [0.25, 0.3) is 0 Å². The van der Waals surface area contributed by atoms with Gasteiger partial charge in [-0.05, 0) is 5.56 Å². The van der Waals surface area contributed by atoms with Gasteiger partial charge in [0, 0.05) is 13.1 Å². The molecule has 1 unspecified atom stereocenters. The highest BCUT2D eigenvalue weighted by atomic mass is 19.4. The fraction of sp³-hybridized carbons (Fsp3) is 0.417. The van der Waals surface area contributed by atoms with Crippen molar-refractivity contribution < 1.29 is 22.7 Å². The van der Waals surface area contributed by atoms with E-state index in [4.69, 9.17) is 10.5 Å². The summed E-state index contributed by atoms with van der Waals surface area (Å²) in [5.74, 6) is -1.77. The molecule has 0 heterocycles. The highest BCUT2D eigenvalue weighted by molar-refractivity contribution is 5.67. The lowest BCUT2D eigenvalue weighted by Gasteiger charge is -2.18. The van der Waals surface area contributed by atoms with Gasteiger partial charge in [-0.2, -0.15) is 13.2 Å². The van der Waals surface area contributed by atoms with E-state index < -0.39 is 31.3 Å². The zero-order valence-corrected chi connectivity index (χ0v) is 10.1. The second-order valence-corrected chi connectivity index (χ2v) is 3.92. The van der Waals surface area contributed by atoms with Gasteiger partial charge >= 0.3 is 12.3 Å². The normalized spacial score (nSPS) is 12.8. The minimum atomic E-state index is -4.43. The topological polar surface area (TPSA) is 64.3 Å². The molecular weight excluding hydrogens is 261 g/mol. The first-order valence-electron chi connectivity index (χ1n) is 5.65. The van der Waals surface area contributed by atoms with Crippen molar-refractivity contribution in [3.63, 3.8) is 0 Å². The number of alkyl carbamates (subject to hydrolysis) is 1. The van der Waals surface area contributed by atoms with E-state index >= 15 is 0 Å². The summed E-state index contributed by atoms with van der Waals surface area (Å²) in [4.78, 5) is 11.2. The summed E-state index contributed by atoms with van der Waals surface area (Å²) in [6, 6.07) is 8.82. The quantitative estimate of drug-likeness (QED) is 0.865. The first-order chi connectivity index (χ1) is 8.93. The van der Waals surface area contributed by atoms with Crippen LogP contribution < -0.4 is 11.1 Å². The first-order valence-corrected chi connectivity index (χ1v) is 5.65. The monoisotopic (exact) mass is 276 g/mol. The van der Waals surface area contributed by atoms with Crippen LogP contribution in [-0.2, 0) is 11.3 Å². The number of rotatable bonds is 5. The second-order valence-electron chi connectivity index (χ2n) is 3.92. The van der Waals surface area contributed by atoms with E-state index in [1.54, 1.807) is 30.3 Å². The van der Waals surface area contributed by atoms with Crippen molar-refractivity contribution >= 4 is 6.09 Å². The number of hydrogen-bond donors (Lipinski definition) is 2. The van der Waals surface area contributed by atoms with Crippen LogP contribution in [0.4, 0.5) is 18.0 Å². The smallest absolute Gasteiger partial charge is 0.407 e. The number of nitrogens with one attached hydrogen (secondary N) is 1. The molecule has 19 heavy (non-hydrogen) atoms. The number of hydrogen-bond acceptors (Lipinski definition) is 3. The van der Waals surface area contributed by atoms with Crippen LogP contribution >= 0.6 is 0 Å². The molecule has 0 radical (unpaired) electrons. The standard InChI is InChI=1S/C12H15F3N2O2/c13-12(14,15)10(6-16)7-17-11(18)19-8-9-4-2-1-3-5-9/h1-5,10H,6-8,16H2,(H,17,18). The summed E-state index contributed by atoms with van der Waals surface area (Å²) in [7, 11) is 0. The Morgan fingerprint density at radius 1 is 1.32 bits per heavy atom. The second kappa shape index (κ2) is 6.98. The van der Waals surface area contributed by atoms with Gasteiger partial charge in [0.25, 0.3) is 0 Å². The summed E-state index contributed by atoms with van der Waals surface area (Å²) in [5.41, 5.74) is 5.75. The molecule has 7 heteroatoms. The molecule has 0 saturated carbocycles. The third kappa shape index (κ3) is 5.60. The molecule has 0 aliphatic heterocycles. The SMILES string of the molecule is NCC(CNC(=O)OCc1ccccc1)C(F)(F)F. The number of benzene rings is 1. The molecule has 0 spiro atoms. The van der Waals surface area contributed by atoms with E-state index in [0.717, 1.165) is 5.56 Å². The average Bonchev–Trinajstić information content (AvgIpc) is 2.36. The molecule has 1 aromatic rings. The summed E-state index contributed by atoms with van der Waals surface area (Å²) in [6.07, 6.45) is -5.33. The number of amides is 1. The van der Waals surface area contributed by atoms with Crippen LogP contribution in [0, 0.1) is 5.92 Å². The van der Waals surface area contributed by atoms with Gasteiger partial charge in [0.2, 0.25) is 0 Å². The molecule has 106 valence electrons. The lowest BCUT2D eigenvalue weighted by Crippen LogP contribution is -2.40. The van der Waals surface area contributed by atoms with Crippen molar-refractivity contribution in [1.29, 1.82) is 0 Å². The average molecular weight is 276 g/mol. The van der Waals surface area contributed by atoms with Crippen LogP contribution in [0.15, 0.2) is 30.3 Å². The molecule has 0 fully saturated rings. The van der Waals surface area contributed by atoms with Gasteiger partial charge < -0.3 is 15.8 Å². The highest BCUT2D eigenvalue weighted by Gasteiger charge is 2.38. The Balaban J connectivity index is 2.32. The van der Waals surface area contributed by atoms with Crippen molar-refractivity contribution in [2.75, 3.05) is 13.1 Å². The summed E-state index contributed by atoms with van der Waals surface area (Å²) in [6.45, 7) is -1.16. The van der Waals surface area contributed by atoms with Gasteiger partial charge in [0.1, 0.15) is 6.61 Å². The number of ether oxygens (including phenoxy) is 1. The molecule has 1 rings (SSSR count). The molecule has 0 aliphatic rings. The maximum absolute atomic E-state index is 12.3. The van der Waals surface area contributed by atoms with Crippen molar-refractivity contribution in [2.24, 2.45) is 11.7 Å². The van der Waals surface area contributed by atoms with E-state index in [-0.39, 0.29) is 6.61 Å². The van der Waals surface area contributed by atoms with Crippen LogP contribution in [-0.4, -0.2) is 25.4 Å². The third-order valence-electron chi connectivity index (χ3n) is 2.45. The van der Waals surface area contributed by atoms with Gasteiger partial charge in [0.05, 0.1) is 5.92 Å². The van der Waals surface area contributed by atoms with E-state index in [0.29, 0.717) is 0 Å². The molecule has 1 aromatic carbocycles. The Kier molecular flexibility index (Phi) is 5.62. The van der Waals surface area contributed by atoms with Gasteiger partial charge in [-0.1, -0.05) is 30.3 Å². The minimum Gasteiger partial charge on any atom is -0.445 e. The van der Waals surface area contributed by atoms with Gasteiger partial charge in [-0.15, -0.1) is 0 Å². The maximum Gasteiger partial charge on any atom is 0.407 e. The fourth-order valence-corrected chi connectivity index (χ4v) is 1.31. The van der Waals surface area contributed by atoms with Gasteiger partial charge in [-0.3, -0.25) is 0 Å². The Morgan fingerprint density at radius 3 is 2.47 bits per heavy atom. The molecule has 0 saturated heterocycles. The van der Waals surface area contributed by atoms with E-state index in [2.05, 4.69) is 0 Å². The summed E-state index contributed by atoms with van der Waals surface area (Å²) < 4.78 is 41.8. The molecule has 1 amide bonds. The number of carbonyl (C=O) groups is 1. The first kappa shape index (κ1) is 15.3. The maximum atomic E-state index is 12.3. The molecule has 4 nitrogen and oxygen atoms in total. The molecule has 0 bridgehead atoms. The zero-order chi connectivity index (χ0) is 14.3. The predicted molar refractivity (Wildman–Crippen MR) is 63.2 cm³/mol. The molecule has 0 aromatic heterocycles. The van der Waals surface area contributed by atoms with Gasteiger partial charge in [-0.25, -0.2) is 4.79 Å². The molecule has 3 N–H and O–H groups in total. The van der Waals surface area contributed by atoms with E-state index in [9.17, 15) is 18.0 Å².